The van der Waals surface area contributed by atoms with E-state index in [1.165, 1.54) is 0 Å². The van der Waals surface area contributed by atoms with E-state index in [1.54, 1.807) is 47.1 Å². The van der Waals surface area contributed by atoms with Gasteiger partial charge in [0.25, 0.3) is 5.91 Å². The van der Waals surface area contributed by atoms with Crippen molar-refractivity contribution in [2.75, 3.05) is 18.4 Å². The van der Waals surface area contributed by atoms with E-state index in [0.29, 0.717) is 24.3 Å². The van der Waals surface area contributed by atoms with Crippen LogP contribution in [-0.2, 0) is 23.2 Å². The first-order chi connectivity index (χ1) is 13.0. The highest BCUT2D eigenvalue weighted by molar-refractivity contribution is 6.40. The van der Waals surface area contributed by atoms with Gasteiger partial charge in [-0.3, -0.25) is 19.1 Å². The van der Waals surface area contributed by atoms with Crippen LogP contribution in [0.3, 0.4) is 0 Å². The summed E-state index contributed by atoms with van der Waals surface area (Å²) in [5.41, 5.74) is 2.36. The van der Waals surface area contributed by atoms with Crippen LogP contribution in [0.1, 0.15) is 34.5 Å². The topological polar surface area (TPSA) is 96.3 Å². The largest absolute Gasteiger partial charge is 0.344 e. The van der Waals surface area contributed by atoms with Gasteiger partial charge in [-0.2, -0.15) is 5.10 Å². The Morgan fingerprint density at radius 1 is 1.11 bits per heavy atom. The van der Waals surface area contributed by atoms with Gasteiger partial charge in [0.2, 0.25) is 0 Å². The molecule has 2 aromatic rings. The SMILES string of the molecule is Cc1nn(C)cc1CNC(=O)C(=O)Nc1ccccc1C(=O)N1CCCC1. The molecule has 1 aliphatic rings. The highest BCUT2D eigenvalue weighted by Gasteiger charge is 2.23. The molecule has 1 aliphatic heterocycles. The van der Waals surface area contributed by atoms with Gasteiger partial charge in [-0.1, -0.05) is 12.1 Å². The van der Waals surface area contributed by atoms with Gasteiger partial charge >= 0.3 is 11.8 Å². The number of benzene rings is 1. The average molecular weight is 369 g/mol. The minimum absolute atomic E-state index is 0.130. The van der Waals surface area contributed by atoms with Crippen molar-refractivity contribution in [1.29, 1.82) is 0 Å². The molecule has 0 atom stereocenters. The summed E-state index contributed by atoms with van der Waals surface area (Å²) < 4.78 is 1.65. The third-order valence-corrected chi connectivity index (χ3v) is 4.56. The zero-order chi connectivity index (χ0) is 19.4. The van der Waals surface area contributed by atoms with Crippen LogP contribution in [0.15, 0.2) is 30.5 Å². The number of nitrogens with zero attached hydrogens (tertiary/aromatic N) is 3. The summed E-state index contributed by atoms with van der Waals surface area (Å²) in [6.45, 7) is 3.47. The molecule has 1 aromatic carbocycles. The molecule has 2 heterocycles. The second kappa shape index (κ2) is 8.03. The van der Waals surface area contributed by atoms with Gasteiger partial charge < -0.3 is 15.5 Å². The number of likely N-dealkylation sites (tertiary alicyclic amines) is 1. The molecule has 0 saturated carbocycles. The highest BCUT2D eigenvalue weighted by Crippen LogP contribution is 2.20. The molecule has 8 nitrogen and oxygen atoms in total. The standard InChI is InChI=1S/C19H23N5O3/c1-13-14(12-23(2)22-13)11-20-17(25)18(26)21-16-8-4-3-7-15(16)19(27)24-9-5-6-10-24/h3-4,7-8,12H,5-6,9-11H2,1-2H3,(H,20,25)(H,21,26). The summed E-state index contributed by atoms with van der Waals surface area (Å²) in [7, 11) is 1.79. The van der Waals surface area contributed by atoms with Crippen molar-refractivity contribution < 1.29 is 14.4 Å². The fraction of sp³-hybridized carbons (Fsp3) is 0.368. The quantitative estimate of drug-likeness (QED) is 0.792. The number of nitrogens with one attached hydrogen (secondary N) is 2. The van der Waals surface area contributed by atoms with E-state index in [9.17, 15) is 14.4 Å². The predicted octanol–water partition coefficient (Wildman–Crippen LogP) is 1.22. The summed E-state index contributed by atoms with van der Waals surface area (Å²) in [5.74, 6) is -1.70. The summed E-state index contributed by atoms with van der Waals surface area (Å²) in [6.07, 6.45) is 3.75. The number of hydrogen-bond donors (Lipinski definition) is 2. The lowest BCUT2D eigenvalue weighted by Gasteiger charge is -2.17. The van der Waals surface area contributed by atoms with E-state index in [-0.39, 0.29) is 12.5 Å². The number of carbonyl (C=O) groups is 3. The second-order valence-electron chi connectivity index (χ2n) is 6.60. The molecule has 1 aromatic heterocycles. The van der Waals surface area contributed by atoms with Crippen molar-refractivity contribution >= 4 is 23.4 Å². The fourth-order valence-corrected chi connectivity index (χ4v) is 3.13. The van der Waals surface area contributed by atoms with Gasteiger partial charge in [0.1, 0.15) is 0 Å². The molecule has 3 amide bonds. The molecular weight excluding hydrogens is 346 g/mol. The van der Waals surface area contributed by atoms with Crippen LogP contribution < -0.4 is 10.6 Å². The van der Waals surface area contributed by atoms with Crippen LogP contribution in [-0.4, -0.2) is 45.5 Å². The first kappa shape index (κ1) is 18.6. The number of carbonyl (C=O) groups excluding carboxylic acids is 3. The smallest absolute Gasteiger partial charge is 0.313 e. The van der Waals surface area contributed by atoms with Crippen LogP contribution in [0, 0.1) is 6.92 Å². The Bertz CT molecular complexity index is 868. The number of aryl methyl sites for hydroxylation is 2. The number of para-hydroxylation sites is 1. The molecule has 1 fully saturated rings. The minimum atomic E-state index is -0.807. The molecule has 0 radical (unpaired) electrons. The van der Waals surface area contributed by atoms with Crippen molar-refractivity contribution in [1.82, 2.24) is 20.0 Å². The van der Waals surface area contributed by atoms with Gasteiger partial charge in [-0.25, -0.2) is 0 Å². The van der Waals surface area contributed by atoms with Crippen molar-refractivity contribution in [2.45, 2.75) is 26.3 Å². The first-order valence-corrected chi connectivity index (χ1v) is 8.92. The zero-order valence-electron chi connectivity index (χ0n) is 15.5. The normalized spacial score (nSPS) is 13.5. The van der Waals surface area contributed by atoms with Crippen LogP contribution in [0.2, 0.25) is 0 Å². The lowest BCUT2D eigenvalue weighted by atomic mass is 10.1. The number of amides is 3. The molecule has 142 valence electrons. The monoisotopic (exact) mass is 369 g/mol. The second-order valence-corrected chi connectivity index (χ2v) is 6.60. The number of rotatable bonds is 4. The Hall–Kier alpha value is -3.16. The Balaban J connectivity index is 1.64. The van der Waals surface area contributed by atoms with Crippen LogP contribution >= 0.6 is 0 Å². The van der Waals surface area contributed by atoms with Crippen molar-refractivity contribution in [3.05, 3.63) is 47.3 Å². The number of hydrogen-bond acceptors (Lipinski definition) is 4. The summed E-state index contributed by atoms with van der Waals surface area (Å²) >= 11 is 0. The first-order valence-electron chi connectivity index (χ1n) is 8.92. The van der Waals surface area contributed by atoms with Crippen LogP contribution in [0.5, 0.6) is 0 Å². The van der Waals surface area contributed by atoms with E-state index < -0.39 is 11.8 Å². The lowest BCUT2D eigenvalue weighted by molar-refractivity contribution is -0.136. The minimum Gasteiger partial charge on any atom is -0.344 e. The third-order valence-electron chi connectivity index (χ3n) is 4.56. The molecule has 0 aliphatic carbocycles. The molecule has 2 N–H and O–H groups in total. The predicted molar refractivity (Wildman–Crippen MR) is 100 cm³/mol. The van der Waals surface area contributed by atoms with Gasteiger partial charge in [0.15, 0.2) is 0 Å². The van der Waals surface area contributed by atoms with Crippen molar-refractivity contribution in [3.8, 4) is 0 Å². The molecule has 0 bridgehead atoms. The fourth-order valence-electron chi connectivity index (χ4n) is 3.13. The summed E-state index contributed by atoms with van der Waals surface area (Å²) in [4.78, 5) is 38.8. The maximum absolute atomic E-state index is 12.6. The maximum atomic E-state index is 12.6. The molecular formula is C19H23N5O3. The summed E-state index contributed by atoms with van der Waals surface area (Å²) in [5, 5.41) is 9.32. The molecule has 27 heavy (non-hydrogen) atoms. The Kier molecular flexibility index (Phi) is 5.54. The Morgan fingerprint density at radius 3 is 2.48 bits per heavy atom. The number of aromatic nitrogens is 2. The molecule has 0 unspecified atom stereocenters. The molecule has 0 spiro atoms. The maximum Gasteiger partial charge on any atom is 0.313 e. The van der Waals surface area contributed by atoms with Crippen LogP contribution in [0.4, 0.5) is 5.69 Å². The van der Waals surface area contributed by atoms with Crippen molar-refractivity contribution in [2.24, 2.45) is 7.05 Å². The number of anilines is 1. The average Bonchev–Trinajstić information content (AvgIpc) is 3.29. The zero-order valence-corrected chi connectivity index (χ0v) is 15.5. The Morgan fingerprint density at radius 2 is 1.81 bits per heavy atom. The van der Waals surface area contributed by atoms with Crippen molar-refractivity contribution in [3.63, 3.8) is 0 Å². The van der Waals surface area contributed by atoms with Gasteiger partial charge in [0.05, 0.1) is 16.9 Å². The summed E-state index contributed by atoms with van der Waals surface area (Å²) in [6, 6.07) is 6.74. The van der Waals surface area contributed by atoms with E-state index in [4.69, 9.17) is 0 Å². The Labute approximate surface area is 157 Å². The van der Waals surface area contributed by atoms with Gasteiger partial charge in [-0.15, -0.1) is 0 Å². The van der Waals surface area contributed by atoms with E-state index in [2.05, 4.69) is 15.7 Å². The van der Waals surface area contributed by atoms with Gasteiger partial charge in [0, 0.05) is 38.4 Å². The van der Waals surface area contributed by atoms with E-state index in [0.717, 1.165) is 24.1 Å². The van der Waals surface area contributed by atoms with E-state index >= 15 is 0 Å². The van der Waals surface area contributed by atoms with E-state index in [1.807, 2.05) is 6.92 Å². The molecule has 3 rings (SSSR count). The molecule has 8 heteroatoms. The van der Waals surface area contributed by atoms with Crippen LogP contribution in [0.25, 0.3) is 0 Å². The third kappa shape index (κ3) is 4.33. The molecule has 1 saturated heterocycles. The van der Waals surface area contributed by atoms with Gasteiger partial charge in [-0.05, 0) is 31.9 Å². The lowest BCUT2D eigenvalue weighted by Crippen LogP contribution is -2.36. The highest BCUT2D eigenvalue weighted by atomic mass is 16.2.